The van der Waals surface area contributed by atoms with Crippen LogP contribution >= 0.6 is 0 Å². The van der Waals surface area contributed by atoms with Crippen LogP contribution in [0.5, 0.6) is 0 Å². The smallest absolute Gasteiger partial charge is 0.348 e. The molecular weight excluding hydrogens is 254 g/mol. The van der Waals surface area contributed by atoms with Gasteiger partial charge in [0.1, 0.15) is 0 Å². The predicted molar refractivity (Wildman–Crippen MR) is 80.0 cm³/mol. The molecule has 0 N–H and O–H groups in total. The molecule has 0 aliphatic carbocycles. The van der Waals surface area contributed by atoms with E-state index < -0.39 is 0 Å². The van der Waals surface area contributed by atoms with Crippen molar-refractivity contribution >= 4 is 17.4 Å². The highest BCUT2D eigenvalue weighted by Crippen LogP contribution is 2.15. The number of anilines is 1. The molecule has 0 radical (unpaired) electrons. The third-order valence-electron chi connectivity index (χ3n) is 3.18. The Morgan fingerprint density at radius 1 is 1.15 bits per heavy atom. The SMILES string of the molecule is CC(C)=NOC(=O)CN1CCN(c2ccccc2)CC1. The fourth-order valence-electron chi connectivity index (χ4n) is 2.16. The van der Waals surface area contributed by atoms with Crippen LogP contribution in [0.1, 0.15) is 13.8 Å². The van der Waals surface area contributed by atoms with E-state index in [9.17, 15) is 4.79 Å². The fraction of sp³-hybridized carbons (Fsp3) is 0.467. The number of oxime groups is 1. The summed E-state index contributed by atoms with van der Waals surface area (Å²) >= 11 is 0. The molecule has 1 fully saturated rings. The zero-order chi connectivity index (χ0) is 14.4. The molecule has 1 aromatic carbocycles. The highest BCUT2D eigenvalue weighted by Gasteiger charge is 2.19. The first-order chi connectivity index (χ1) is 9.65. The van der Waals surface area contributed by atoms with E-state index in [-0.39, 0.29) is 5.97 Å². The van der Waals surface area contributed by atoms with Gasteiger partial charge < -0.3 is 9.74 Å². The first-order valence-electron chi connectivity index (χ1n) is 6.88. The number of nitrogens with zero attached hydrogens (tertiary/aromatic N) is 3. The maximum atomic E-state index is 11.6. The van der Waals surface area contributed by atoms with E-state index in [0.717, 1.165) is 31.9 Å². The van der Waals surface area contributed by atoms with Crippen molar-refractivity contribution in [2.75, 3.05) is 37.6 Å². The second-order valence-corrected chi connectivity index (χ2v) is 5.10. The van der Waals surface area contributed by atoms with Crippen LogP contribution in [0.2, 0.25) is 0 Å². The van der Waals surface area contributed by atoms with Gasteiger partial charge in [0, 0.05) is 31.9 Å². The highest BCUT2D eigenvalue weighted by molar-refractivity contribution is 5.80. The molecule has 2 rings (SSSR count). The van der Waals surface area contributed by atoms with Gasteiger partial charge in [0.25, 0.3) is 0 Å². The van der Waals surface area contributed by atoms with Crippen LogP contribution in [-0.2, 0) is 9.63 Å². The molecule has 20 heavy (non-hydrogen) atoms. The molecule has 0 amide bonds. The maximum Gasteiger partial charge on any atom is 0.348 e. The van der Waals surface area contributed by atoms with E-state index in [0.29, 0.717) is 6.54 Å². The zero-order valence-corrected chi connectivity index (χ0v) is 12.1. The predicted octanol–water partition coefficient (Wildman–Crippen LogP) is 1.75. The van der Waals surface area contributed by atoms with Crippen molar-refractivity contribution in [3.63, 3.8) is 0 Å². The number of benzene rings is 1. The first kappa shape index (κ1) is 14.5. The normalized spacial score (nSPS) is 15.8. The summed E-state index contributed by atoms with van der Waals surface area (Å²) in [5, 5.41) is 3.68. The Labute approximate surface area is 119 Å². The second kappa shape index (κ2) is 7.05. The molecule has 1 aliphatic rings. The second-order valence-electron chi connectivity index (χ2n) is 5.10. The van der Waals surface area contributed by atoms with Crippen LogP contribution in [0.4, 0.5) is 5.69 Å². The summed E-state index contributed by atoms with van der Waals surface area (Å²) in [6, 6.07) is 10.3. The minimum Gasteiger partial charge on any atom is -0.369 e. The average molecular weight is 275 g/mol. The van der Waals surface area contributed by atoms with Crippen molar-refractivity contribution in [1.29, 1.82) is 0 Å². The Bertz CT molecular complexity index is 461. The molecule has 0 spiro atoms. The quantitative estimate of drug-likeness (QED) is 0.477. The molecule has 1 aliphatic heterocycles. The standard InChI is InChI=1S/C15H21N3O2/c1-13(2)16-20-15(19)12-17-8-10-18(11-9-17)14-6-4-3-5-7-14/h3-7H,8-12H2,1-2H3. The topological polar surface area (TPSA) is 45.1 Å². The number of hydrogen-bond donors (Lipinski definition) is 0. The van der Waals surface area contributed by atoms with E-state index in [1.807, 2.05) is 18.2 Å². The van der Waals surface area contributed by atoms with Gasteiger partial charge in [0.2, 0.25) is 0 Å². The van der Waals surface area contributed by atoms with Gasteiger partial charge >= 0.3 is 5.97 Å². The molecule has 1 saturated heterocycles. The number of carbonyl (C=O) groups is 1. The van der Waals surface area contributed by atoms with Gasteiger partial charge in [-0.3, -0.25) is 4.90 Å². The van der Waals surface area contributed by atoms with Gasteiger partial charge in [-0.25, -0.2) is 4.79 Å². The Kier molecular flexibility index (Phi) is 5.12. The van der Waals surface area contributed by atoms with Crippen molar-refractivity contribution in [3.8, 4) is 0 Å². The van der Waals surface area contributed by atoms with Crippen molar-refractivity contribution in [2.24, 2.45) is 5.16 Å². The number of piperazine rings is 1. The van der Waals surface area contributed by atoms with Crippen LogP contribution in [0.25, 0.3) is 0 Å². The fourth-order valence-corrected chi connectivity index (χ4v) is 2.16. The Morgan fingerprint density at radius 3 is 2.40 bits per heavy atom. The summed E-state index contributed by atoms with van der Waals surface area (Å²) in [6.45, 7) is 7.47. The lowest BCUT2D eigenvalue weighted by molar-refractivity contribution is -0.145. The highest BCUT2D eigenvalue weighted by atomic mass is 16.7. The summed E-state index contributed by atoms with van der Waals surface area (Å²) in [4.78, 5) is 20.8. The number of hydrogen-bond acceptors (Lipinski definition) is 5. The van der Waals surface area contributed by atoms with Crippen molar-refractivity contribution in [1.82, 2.24) is 4.90 Å². The molecule has 5 heteroatoms. The van der Waals surface area contributed by atoms with Gasteiger partial charge in [-0.05, 0) is 26.0 Å². The minimum atomic E-state index is -0.292. The van der Waals surface area contributed by atoms with E-state index >= 15 is 0 Å². The molecule has 0 saturated carbocycles. The lowest BCUT2D eigenvalue weighted by Crippen LogP contribution is -2.48. The summed E-state index contributed by atoms with van der Waals surface area (Å²) in [5.41, 5.74) is 1.98. The Balaban J connectivity index is 1.77. The number of rotatable bonds is 4. The van der Waals surface area contributed by atoms with E-state index in [1.54, 1.807) is 13.8 Å². The maximum absolute atomic E-state index is 11.6. The summed E-state index contributed by atoms with van der Waals surface area (Å²) in [5.74, 6) is -0.292. The van der Waals surface area contributed by atoms with Crippen LogP contribution in [0.15, 0.2) is 35.5 Å². The minimum absolute atomic E-state index is 0.292. The zero-order valence-electron chi connectivity index (χ0n) is 12.1. The molecule has 0 aromatic heterocycles. The van der Waals surface area contributed by atoms with E-state index in [1.165, 1.54) is 5.69 Å². The van der Waals surface area contributed by atoms with Crippen molar-refractivity contribution in [3.05, 3.63) is 30.3 Å². The van der Waals surface area contributed by atoms with Gasteiger partial charge in [-0.15, -0.1) is 0 Å². The summed E-state index contributed by atoms with van der Waals surface area (Å²) in [7, 11) is 0. The summed E-state index contributed by atoms with van der Waals surface area (Å²) < 4.78 is 0. The van der Waals surface area contributed by atoms with Crippen molar-refractivity contribution in [2.45, 2.75) is 13.8 Å². The molecule has 108 valence electrons. The molecule has 0 atom stereocenters. The van der Waals surface area contributed by atoms with E-state index in [4.69, 9.17) is 4.84 Å². The van der Waals surface area contributed by atoms with Crippen LogP contribution in [-0.4, -0.2) is 49.3 Å². The van der Waals surface area contributed by atoms with Gasteiger partial charge in [0.05, 0.1) is 12.3 Å². The molecule has 0 unspecified atom stereocenters. The van der Waals surface area contributed by atoms with Gasteiger partial charge in [0.15, 0.2) is 0 Å². The first-order valence-corrected chi connectivity index (χ1v) is 6.88. The Morgan fingerprint density at radius 2 is 1.80 bits per heavy atom. The van der Waals surface area contributed by atoms with Crippen LogP contribution in [0, 0.1) is 0 Å². The third kappa shape index (κ3) is 4.35. The lowest BCUT2D eigenvalue weighted by Gasteiger charge is -2.35. The average Bonchev–Trinajstić information content (AvgIpc) is 2.47. The molecule has 5 nitrogen and oxygen atoms in total. The Hall–Kier alpha value is -1.88. The third-order valence-corrected chi connectivity index (χ3v) is 3.18. The molecular formula is C15H21N3O2. The number of para-hydroxylation sites is 1. The van der Waals surface area contributed by atoms with E-state index in [2.05, 4.69) is 27.1 Å². The monoisotopic (exact) mass is 275 g/mol. The largest absolute Gasteiger partial charge is 0.369 e. The van der Waals surface area contributed by atoms with Crippen LogP contribution in [0.3, 0.4) is 0 Å². The molecule has 0 bridgehead atoms. The molecule has 1 aromatic rings. The van der Waals surface area contributed by atoms with Gasteiger partial charge in [-0.1, -0.05) is 23.4 Å². The van der Waals surface area contributed by atoms with Gasteiger partial charge in [-0.2, -0.15) is 0 Å². The summed E-state index contributed by atoms with van der Waals surface area (Å²) in [6.07, 6.45) is 0. The lowest BCUT2D eigenvalue weighted by atomic mass is 10.2. The van der Waals surface area contributed by atoms with Crippen LogP contribution < -0.4 is 4.90 Å². The van der Waals surface area contributed by atoms with Crippen molar-refractivity contribution < 1.29 is 9.63 Å². The molecule has 1 heterocycles. The number of carbonyl (C=O) groups excluding carboxylic acids is 1.